The number of rotatable bonds is 4. The third kappa shape index (κ3) is 3.30. The summed E-state index contributed by atoms with van der Waals surface area (Å²) in [6, 6.07) is 6.98. The Morgan fingerprint density at radius 3 is 2.55 bits per heavy atom. The molecule has 110 valence electrons. The summed E-state index contributed by atoms with van der Waals surface area (Å²) < 4.78 is 12.9. The molecule has 1 aromatic carbocycles. The van der Waals surface area contributed by atoms with E-state index < -0.39 is 0 Å². The van der Waals surface area contributed by atoms with E-state index in [1.54, 1.807) is 0 Å². The predicted octanol–water partition coefficient (Wildman–Crippen LogP) is 3.29. The minimum atomic E-state index is -0.212. The Labute approximate surface area is 120 Å². The maximum absolute atomic E-state index is 12.9. The van der Waals surface area contributed by atoms with Crippen LogP contribution in [0.25, 0.3) is 0 Å². The van der Waals surface area contributed by atoms with Gasteiger partial charge < -0.3 is 9.80 Å². The predicted molar refractivity (Wildman–Crippen MR) is 78.1 cm³/mol. The lowest BCUT2D eigenvalue weighted by Crippen LogP contribution is -2.46. The minimum Gasteiger partial charge on any atom is -0.325 e. The fraction of sp³-hybridized carbons (Fsp3) is 0.562. The van der Waals surface area contributed by atoms with Crippen molar-refractivity contribution in [1.29, 1.82) is 0 Å². The van der Waals surface area contributed by atoms with Gasteiger partial charge in [0.15, 0.2) is 0 Å². The molecule has 1 heterocycles. The molecule has 1 aromatic rings. The summed E-state index contributed by atoms with van der Waals surface area (Å²) in [6.45, 7) is 6.34. The lowest BCUT2D eigenvalue weighted by molar-refractivity contribution is 0.152. The summed E-state index contributed by atoms with van der Waals surface area (Å²) in [5.41, 5.74) is 1.09. The molecule has 20 heavy (non-hydrogen) atoms. The van der Waals surface area contributed by atoms with Crippen molar-refractivity contribution >= 4 is 6.03 Å². The Kier molecular flexibility index (Phi) is 4.99. The number of urea groups is 1. The molecular formula is C16H23FN2O. The van der Waals surface area contributed by atoms with Gasteiger partial charge in [-0.05, 0) is 50.8 Å². The van der Waals surface area contributed by atoms with Crippen LogP contribution < -0.4 is 0 Å². The third-order valence-corrected chi connectivity index (χ3v) is 4.04. The Bertz CT molecular complexity index is 442. The zero-order chi connectivity index (χ0) is 14.5. The smallest absolute Gasteiger partial charge is 0.320 e. The average Bonchev–Trinajstić information content (AvgIpc) is 2.90. The third-order valence-electron chi connectivity index (χ3n) is 4.04. The maximum atomic E-state index is 12.9. The molecule has 1 atom stereocenters. The second-order valence-corrected chi connectivity index (χ2v) is 5.27. The van der Waals surface area contributed by atoms with Crippen LogP contribution in [-0.4, -0.2) is 41.5 Å². The lowest BCUT2D eigenvalue weighted by atomic mass is 10.0. The van der Waals surface area contributed by atoms with Gasteiger partial charge >= 0.3 is 6.03 Å². The van der Waals surface area contributed by atoms with Crippen molar-refractivity contribution in [3.05, 3.63) is 35.6 Å². The zero-order valence-electron chi connectivity index (χ0n) is 12.3. The Morgan fingerprint density at radius 2 is 1.95 bits per heavy atom. The number of likely N-dealkylation sites (tertiary alicyclic amines) is 1. The van der Waals surface area contributed by atoms with Crippen molar-refractivity contribution in [3.63, 3.8) is 0 Å². The summed E-state index contributed by atoms with van der Waals surface area (Å²) in [4.78, 5) is 16.3. The van der Waals surface area contributed by atoms with Crippen molar-refractivity contribution in [1.82, 2.24) is 9.80 Å². The van der Waals surface area contributed by atoms with Crippen molar-refractivity contribution in [3.8, 4) is 0 Å². The topological polar surface area (TPSA) is 23.6 Å². The molecule has 0 aliphatic carbocycles. The van der Waals surface area contributed by atoms with Gasteiger partial charge in [0.2, 0.25) is 0 Å². The maximum Gasteiger partial charge on any atom is 0.320 e. The van der Waals surface area contributed by atoms with E-state index in [1.807, 2.05) is 35.8 Å². The fourth-order valence-corrected chi connectivity index (χ4v) is 2.87. The van der Waals surface area contributed by atoms with E-state index in [2.05, 4.69) is 0 Å². The van der Waals surface area contributed by atoms with E-state index in [9.17, 15) is 9.18 Å². The van der Waals surface area contributed by atoms with Gasteiger partial charge in [-0.3, -0.25) is 0 Å². The zero-order valence-corrected chi connectivity index (χ0v) is 12.3. The highest BCUT2D eigenvalue weighted by atomic mass is 19.1. The van der Waals surface area contributed by atoms with Gasteiger partial charge in [-0.25, -0.2) is 9.18 Å². The number of carbonyl (C=O) groups is 1. The van der Waals surface area contributed by atoms with Crippen molar-refractivity contribution in [2.75, 3.05) is 19.6 Å². The molecule has 2 rings (SSSR count). The molecule has 0 radical (unpaired) electrons. The van der Waals surface area contributed by atoms with Gasteiger partial charge in [-0.2, -0.15) is 0 Å². The first-order valence-electron chi connectivity index (χ1n) is 7.45. The summed E-state index contributed by atoms with van der Waals surface area (Å²) in [5, 5.41) is 0. The van der Waals surface area contributed by atoms with Crippen LogP contribution in [0.5, 0.6) is 0 Å². The van der Waals surface area contributed by atoms with Crippen molar-refractivity contribution in [2.45, 2.75) is 39.2 Å². The quantitative estimate of drug-likeness (QED) is 0.829. The second kappa shape index (κ2) is 6.73. The number of hydrogen-bond acceptors (Lipinski definition) is 1. The molecule has 0 N–H and O–H groups in total. The Hall–Kier alpha value is -1.58. The summed E-state index contributed by atoms with van der Waals surface area (Å²) in [5.74, 6) is -0.212. The standard InChI is InChI=1S/C16H23FN2O/c1-3-18(4-2)16(20)19-11-5-6-15(19)12-13-7-9-14(17)10-8-13/h7-10,15H,3-6,11-12H2,1-2H3. The monoisotopic (exact) mass is 278 g/mol. The summed E-state index contributed by atoms with van der Waals surface area (Å²) >= 11 is 0. The number of amides is 2. The van der Waals surface area contributed by atoms with Crippen molar-refractivity contribution < 1.29 is 9.18 Å². The molecule has 3 nitrogen and oxygen atoms in total. The van der Waals surface area contributed by atoms with Crippen LogP contribution >= 0.6 is 0 Å². The molecule has 4 heteroatoms. The van der Waals surface area contributed by atoms with E-state index in [1.165, 1.54) is 12.1 Å². The van der Waals surface area contributed by atoms with Gasteiger partial charge in [0.25, 0.3) is 0 Å². The normalized spacial score (nSPS) is 18.4. The van der Waals surface area contributed by atoms with E-state index in [4.69, 9.17) is 0 Å². The molecule has 0 spiro atoms. The molecule has 0 aromatic heterocycles. The van der Waals surface area contributed by atoms with Crippen LogP contribution in [0.2, 0.25) is 0 Å². The number of carbonyl (C=O) groups excluding carboxylic acids is 1. The first-order valence-corrected chi connectivity index (χ1v) is 7.45. The summed E-state index contributed by atoms with van der Waals surface area (Å²) in [7, 11) is 0. The van der Waals surface area contributed by atoms with Gasteiger partial charge in [-0.1, -0.05) is 12.1 Å². The Morgan fingerprint density at radius 1 is 1.30 bits per heavy atom. The molecule has 0 saturated carbocycles. The van der Waals surface area contributed by atoms with E-state index in [0.29, 0.717) is 0 Å². The molecular weight excluding hydrogens is 255 g/mol. The molecule has 1 unspecified atom stereocenters. The molecule has 2 amide bonds. The van der Waals surface area contributed by atoms with E-state index in [-0.39, 0.29) is 17.9 Å². The van der Waals surface area contributed by atoms with E-state index in [0.717, 1.165) is 44.5 Å². The highest BCUT2D eigenvalue weighted by molar-refractivity contribution is 5.75. The van der Waals surface area contributed by atoms with Gasteiger partial charge in [-0.15, -0.1) is 0 Å². The molecule has 0 bridgehead atoms. The number of halogens is 1. The lowest BCUT2D eigenvalue weighted by Gasteiger charge is -2.30. The number of nitrogens with zero attached hydrogens (tertiary/aromatic N) is 2. The molecule has 1 fully saturated rings. The van der Waals surface area contributed by atoms with Crippen LogP contribution in [0, 0.1) is 5.82 Å². The van der Waals surface area contributed by atoms with E-state index >= 15 is 0 Å². The SMILES string of the molecule is CCN(CC)C(=O)N1CCCC1Cc1ccc(F)cc1. The van der Waals surface area contributed by atoms with Crippen LogP contribution in [0.4, 0.5) is 9.18 Å². The largest absolute Gasteiger partial charge is 0.325 e. The fourth-order valence-electron chi connectivity index (χ4n) is 2.87. The Balaban J connectivity index is 2.03. The van der Waals surface area contributed by atoms with Crippen LogP contribution in [0.1, 0.15) is 32.3 Å². The van der Waals surface area contributed by atoms with Crippen LogP contribution in [0.15, 0.2) is 24.3 Å². The van der Waals surface area contributed by atoms with Gasteiger partial charge in [0, 0.05) is 25.7 Å². The first-order chi connectivity index (χ1) is 9.65. The molecule has 1 aliphatic rings. The second-order valence-electron chi connectivity index (χ2n) is 5.27. The van der Waals surface area contributed by atoms with Crippen LogP contribution in [-0.2, 0) is 6.42 Å². The number of hydrogen-bond donors (Lipinski definition) is 0. The number of benzene rings is 1. The molecule has 1 saturated heterocycles. The summed E-state index contributed by atoms with van der Waals surface area (Å²) in [6.07, 6.45) is 2.90. The van der Waals surface area contributed by atoms with Crippen molar-refractivity contribution in [2.24, 2.45) is 0 Å². The first kappa shape index (κ1) is 14.8. The van der Waals surface area contributed by atoms with Gasteiger partial charge in [0.1, 0.15) is 5.82 Å². The minimum absolute atomic E-state index is 0.139. The molecule has 1 aliphatic heterocycles. The highest BCUT2D eigenvalue weighted by Gasteiger charge is 2.30. The average molecular weight is 278 g/mol. The van der Waals surface area contributed by atoms with Gasteiger partial charge in [0.05, 0.1) is 0 Å². The highest BCUT2D eigenvalue weighted by Crippen LogP contribution is 2.22. The van der Waals surface area contributed by atoms with Crippen LogP contribution in [0.3, 0.4) is 0 Å².